The Balaban J connectivity index is 1.36. The molecule has 2 saturated heterocycles. The van der Waals surface area contributed by atoms with E-state index in [9.17, 15) is 22.8 Å². The molecular formula is C32H48N6O7S. The molecule has 4 fully saturated rings. The molecule has 3 aliphatic heterocycles. The molecule has 5 rings (SSSR count). The number of aliphatic imine (C=N–C) groups is 1. The summed E-state index contributed by atoms with van der Waals surface area (Å²) in [4.78, 5) is 48.8. The lowest BCUT2D eigenvalue weighted by atomic mass is 10.1. The van der Waals surface area contributed by atoms with Crippen molar-refractivity contribution in [1.29, 1.82) is 0 Å². The zero-order valence-electron chi connectivity index (χ0n) is 27.8. The Morgan fingerprint density at radius 3 is 2.52 bits per heavy atom. The van der Waals surface area contributed by atoms with Crippen molar-refractivity contribution in [3.63, 3.8) is 0 Å². The van der Waals surface area contributed by atoms with Crippen LogP contribution in [0.15, 0.2) is 41.7 Å². The summed E-state index contributed by atoms with van der Waals surface area (Å²) in [6, 6.07) is -1.01. The number of carbonyl (C=O) groups excluding carboxylic acids is 3. The van der Waals surface area contributed by atoms with E-state index >= 15 is 0 Å². The van der Waals surface area contributed by atoms with Crippen LogP contribution < -0.4 is 15.4 Å². The minimum atomic E-state index is -3.93. The number of sulfonamides is 1. The fourth-order valence-corrected chi connectivity index (χ4v) is 7.42. The topological polar surface area (TPSA) is 159 Å². The molecule has 6 atom stereocenters. The molecule has 46 heavy (non-hydrogen) atoms. The first-order chi connectivity index (χ1) is 21.4. The van der Waals surface area contributed by atoms with Crippen LogP contribution in [-0.2, 0) is 29.1 Å². The van der Waals surface area contributed by atoms with Crippen molar-refractivity contribution < 1.29 is 32.3 Å². The van der Waals surface area contributed by atoms with Crippen molar-refractivity contribution in [1.82, 2.24) is 25.2 Å². The van der Waals surface area contributed by atoms with E-state index in [1.54, 1.807) is 33.9 Å². The molecule has 6 unspecified atom stereocenters. The van der Waals surface area contributed by atoms with Gasteiger partial charge in [0, 0.05) is 24.6 Å². The van der Waals surface area contributed by atoms with E-state index in [2.05, 4.69) is 39.9 Å². The SMILES string of the molecule is C=CC1CC1(NC(=O)C1CC(OC2NC3=CC(C)CC=CN=C3N2C(C)C)CN1C(=O)OC(C)(C)C)C(=O)NS(=O)(=O)C1(C)CC1. The minimum absolute atomic E-state index is 0.0194. The van der Waals surface area contributed by atoms with Crippen LogP contribution in [0, 0.1) is 11.8 Å². The second-order valence-corrected chi connectivity index (χ2v) is 16.9. The molecule has 3 heterocycles. The monoisotopic (exact) mass is 660 g/mol. The van der Waals surface area contributed by atoms with Crippen LogP contribution in [0.2, 0.25) is 0 Å². The number of likely N-dealkylation sites (tertiary alicyclic amines) is 1. The van der Waals surface area contributed by atoms with Crippen LogP contribution in [0.3, 0.4) is 0 Å². The highest BCUT2D eigenvalue weighted by atomic mass is 32.2. The molecule has 5 aliphatic rings. The molecule has 2 aliphatic carbocycles. The number of fused-ring (bicyclic) bond motifs is 1. The molecular weight excluding hydrogens is 612 g/mol. The summed E-state index contributed by atoms with van der Waals surface area (Å²) in [5, 5.41) is 6.23. The normalized spacial score (nSPS) is 31.5. The molecule has 0 aromatic carbocycles. The number of hydrogen-bond donors (Lipinski definition) is 3. The molecule has 3 amide bonds. The molecule has 0 aromatic rings. The van der Waals surface area contributed by atoms with Crippen molar-refractivity contribution >= 4 is 33.8 Å². The first-order valence-electron chi connectivity index (χ1n) is 16.1. The summed E-state index contributed by atoms with van der Waals surface area (Å²) in [7, 11) is -3.93. The fourth-order valence-electron chi connectivity index (χ4n) is 6.11. The first kappa shape index (κ1) is 34.0. The van der Waals surface area contributed by atoms with Crippen LogP contribution in [-0.4, -0.2) is 88.9 Å². The van der Waals surface area contributed by atoms with E-state index in [1.165, 1.54) is 11.0 Å². The molecule has 3 N–H and O–H groups in total. The van der Waals surface area contributed by atoms with Crippen molar-refractivity contribution in [2.24, 2.45) is 16.8 Å². The van der Waals surface area contributed by atoms with Gasteiger partial charge in [0.25, 0.3) is 5.91 Å². The maximum Gasteiger partial charge on any atom is 0.411 e. The van der Waals surface area contributed by atoms with Gasteiger partial charge in [0.2, 0.25) is 22.3 Å². The first-order valence-corrected chi connectivity index (χ1v) is 17.5. The largest absolute Gasteiger partial charge is 0.444 e. The van der Waals surface area contributed by atoms with E-state index in [4.69, 9.17) is 9.47 Å². The third-order valence-electron chi connectivity index (χ3n) is 9.23. The van der Waals surface area contributed by atoms with E-state index < -0.39 is 68.2 Å². The summed E-state index contributed by atoms with van der Waals surface area (Å²) in [6.45, 7) is 16.8. The van der Waals surface area contributed by atoms with Gasteiger partial charge in [-0.05, 0) is 73.1 Å². The summed E-state index contributed by atoms with van der Waals surface area (Å²) >= 11 is 0. The zero-order chi connectivity index (χ0) is 33.8. The lowest BCUT2D eigenvalue weighted by Crippen LogP contribution is -2.57. The van der Waals surface area contributed by atoms with Gasteiger partial charge < -0.3 is 25.0 Å². The molecule has 0 spiro atoms. The number of rotatable bonds is 9. The van der Waals surface area contributed by atoms with Gasteiger partial charge in [-0.2, -0.15) is 0 Å². The Labute approximate surface area is 271 Å². The Hall–Kier alpha value is -3.39. The van der Waals surface area contributed by atoms with Gasteiger partial charge in [-0.3, -0.25) is 19.2 Å². The van der Waals surface area contributed by atoms with Gasteiger partial charge in [0.15, 0.2) is 5.84 Å². The zero-order valence-corrected chi connectivity index (χ0v) is 28.6. The molecule has 0 radical (unpaired) electrons. The molecule has 0 aromatic heterocycles. The van der Waals surface area contributed by atoms with Gasteiger partial charge in [0.05, 0.1) is 23.1 Å². The molecule has 14 heteroatoms. The summed E-state index contributed by atoms with van der Waals surface area (Å²) in [5.41, 5.74) is -1.45. The third-order valence-corrected chi connectivity index (χ3v) is 11.4. The number of allylic oxidation sites excluding steroid dienone is 2. The second kappa shape index (κ2) is 12.0. The lowest BCUT2D eigenvalue weighted by molar-refractivity contribution is -0.131. The second-order valence-electron chi connectivity index (χ2n) is 14.7. The van der Waals surface area contributed by atoms with Crippen LogP contribution in [0.25, 0.3) is 0 Å². The van der Waals surface area contributed by atoms with Crippen LogP contribution in [0.5, 0.6) is 0 Å². The Morgan fingerprint density at radius 1 is 1.24 bits per heavy atom. The maximum atomic E-state index is 14.0. The van der Waals surface area contributed by atoms with E-state index in [0.29, 0.717) is 12.8 Å². The highest BCUT2D eigenvalue weighted by Gasteiger charge is 2.63. The molecule has 2 saturated carbocycles. The quantitative estimate of drug-likeness (QED) is 0.316. The van der Waals surface area contributed by atoms with E-state index in [-0.39, 0.29) is 31.3 Å². The molecule has 0 bridgehead atoms. The van der Waals surface area contributed by atoms with Crippen molar-refractivity contribution in [3.05, 3.63) is 36.7 Å². The number of hydrogen-bond acceptors (Lipinski definition) is 10. The summed E-state index contributed by atoms with van der Waals surface area (Å²) in [5.74, 6) is -0.826. The summed E-state index contributed by atoms with van der Waals surface area (Å²) in [6.07, 6.45) is 7.71. The highest BCUT2D eigenvalue weighted by Crippen LogP contribution is 2.47. The number of amides is 3. The number of amidine groups is 1. The highest BCUT2D eigenvalue weighted by molar-refractivity contribution is 7.91. The standard InChI is InChI=1S/C32H48N6O7S/c1-9-21-17-32(21,27(40)36-46(42,43)31(8)12-13-31)35-26(39)24-16-22(18-37(24)29(41)45-30(5,6)7)44-28-34-23-15-20(4)11-10-14-33-25(23)38(28)19(2)3/h9-10,14-15,19-22,24,28,34H,1,11-13,16-18H2,2-8H3,(H,35,39)(H,36,40). The number of carbonyl (C=O) groups is 3. The van der Waals surface area contributed by atoms with E-state index in [1.807, 2.05) is 24.8 Å². The van der Waals surface area contributed by atoms with Crippen molar-refractivity contribution in [2.45, 2.75) is 121 Å². The molecule has 13 nitrogen and oxygen atoms in total. The number of nitrogens with one attached hydrogen (secondary N) is 3. The number of nitrogens with zero attached hydrogens (tertiary/aromatic N) is 3. The van der Waals surface area contributed by atoms with Gasteiger partial charge in [-0.25, -0.2) is 18.2 Å². The smallest absolute Gasteiger partial charge is 0.411 e. The average Bonchev–Trinajstić information content (AvgIpc) is 3.77. The third kappa shape index (κ3) is 6.69. The molecule has 254 valence electrons. The minimum Gasteiger partial charge on any atom is -0.444 e. The predicted molar refractivity (Wildman–Crippen MR) is 172 cm³/mol. The van der Waals surface area contributed by atoms with Crippen LogP contribution in [0.4, 0.5) is 4.79 Å². The lowest BCUT2D eigenvalue weighted by Gasteiger charge is -2.31. The Kier molecular flexibility index (Phi) is 8.86. The predicted octanol–water partition coefficient (Wildman–Crippen LogP) is 2.87. The van der Waals surface area contributed by atoms with Crippen molar-refractivity contribution in [2.75, 3.05) is 6.54 Å². The summed E-state index contributed by atoms with van der Waals surface area (Å²) < 4.78 is 39.1. The number of ether oxygens (including phenoxy) is 2. The van der Waals surface area contributed by atoms with Crippen molar-refractivity contribution in [3.8, 4) is 0 Å². The van der Waals surface area contributed by atoms with E-state index in [0.717, 1.165) is 18.0 Å². The van der Waals surface area contributed by atoms with Gasteiger partial charge in [0.1, 0.15) is 17.2 Å². The van der Waals surface area contributed by atoms with Crippen LogP contribution >= 0.6 is 0 Å². The van der Waals surface area contributed by atoms with Gasteiger partial charge in [-0.1, -0.05) is 25.2 Å². The average molecular weight is 661 g/mol. The Bertz CT molecular complexity index is 1480. The van der Waals surface area contributed by atoms with Gasteiger partial charge in [-0.15, -0.1) is 6.58 Å². The van der Waals surface area contributed by atoms with Gasteiger partial charge >= 0.3 is 6.09 Å². The fraction of sp³-hybridized carbons (Fsp3) is 0.688. The van der Waals surface area contributed by atoms with Crippen LogP contribution in [0.1, 0.15) is 80.6 Å². The Morgan fingerprint density at radius 2 is 1.93 bits per heavy atom. The maximum absolute atomic E-state index is 14.0.